The fourth-order valence-electron chi connectivity index (χ4n) is 2.15. The van der Waals surface area contributed by atoms with Gasteiger partial charge in [0.25, 0.3) is 5.91 Å². The zero-order valence-electron chi connectivity index (χ0n) is 13.1. The molecule has 1 heterocycles. The van der Waals surface area contributed by atoms with Crippen LogP contribution in [0.4, 0.5) is 5.82 Å². The van der Waals surface area contributed by atoms with E-state index >= 15 is 0 Å². The molecule has 1 aromatic heterocycles. The van der Waals surface area contributed by atoms with E-state index < -0.39 is 0 Å². The third-order valence-electron chi connectivity index (χ3n) is 3.22. The summed E-state index contributed by atoms with van der Waals surface area (Å²) >= 11 is 0. The van der Waals surface area contributed by atoms with Gasteiger partial charge >= 0.3 is 0 Å². The molecule has 5 heteroatoms. The van der Waals surface area contributed by atoms with Gasteiger partial charge < -0.3 is 9.80 Å². The minimum Gasteiger partial charge on any atom is -0.355 e. The molecule has 0 saturated carbocycles. The van der Waals surface area contributed by atoms with Gasteiger partial charge in [-0.3, -0.25) is 4.79 Å². The normalized spacial score (nSPS) is 10.4. The van der Waals surface area contributed by atoms with Crippen molar-refractivity contribution in [3.63, 3.8) is 0 Å². The summed E-state index contributed by atoms with van der Waals surface area (Å²) < 4.78 is 0. The van der Waals surface area contributed by atoms with Gasteiger partial charge in [0.1, 0.15) is 11.5 Å². The molecular weight excluding hydrogens is 252 g/mol. The van der Waals surface area contributed by atoms with Crippen molar-refractivity contribution in [3.8, 4) is 0 Å². The Kier molecular flexibility index (Phi) is 6.98. The lowest BCUT2D eigenvalue weighted by Gasteiger charge is -2.22. The molecule has 0 aliphatic carbocycles. The van der Waals surface area contributed by atoms with Crippen LogP contribution in [0.15, 0.2) is 12.4 Å². The van der Waals surface area contributed by atoms with Crippen LogP contribution in [0.25, 0.3) is 0 Å². The second kappa shape index (κ2) is 8.51. The van der Waals surface area contributed by atoms with Crippen LogP contribution >= 0.6 is 0 Å². The lowest BCUT2D eigenvalue weighted by Crippen LogP contribution is -2.31. The summed E-state index contributed by atoms with van der Waals surface area (Å²) in [5.41, 5.74) is 0.422. The Morgan fingerprint density at radius 3 is 2.00 bits per heavy atom. The molecule has 0 saturated heterocycles. The Labute approximate surface area is 122 Å². The minimum atomic E-state index is -0.0495. The second-order valence-electron chi connectivity index (χ2n) is 4.72. The Bertz CT molecular complexity index is 395. The van der Waals surface area contributed by atoms with Gasteiger partial charge in [0.2, 0.25) is 0 Å². The highest BCUT2D eigenvalue weighted by Gasteiger charge is 2.15. The summed E-state index contributed by atoms with van der Waals surface area (Å²) in [5, 5.41) is 0. The molecule has 1 aromatic rings. The molecule has 0 N–H and O–H groups in total. The van der Waals surface area contributed by atoms with Crippen LogP contribution in [0.3, 0.4) is 0 Å². The second-order valence-corrected chi connectivity index (χ2v) is 4.72. The lowest BCUT2D eigenvalue weighted by atomic mass is 10.3. The first kappa shape index (κ1) is 16.4. The van der Waals surface area contributed by atoms with Crippen molar-refractivity contribution in [3.05, 3.63) is 18.1 Å². The summed E-state index contributed by atoms with van der Waals surface area (Å²) in [5.74, 6) is 0.802. The van der Waals surface area contributed by atoms with E-state index in [4.69, 9.17) is 0 Å². The molecule has 0 bridgehead atoms. The molecule has 112 valence electrons. The maximum atomic E-state index is 12.1. The monoisotopic (exact) mass is 278 g/mol. The van der Waals surface area contributed by atoms with Gasteiger partial charge in [-0.1, -0.05) is 13.8 Å². The van der Waals surface area contributed by atoms with Crippen molar-refractivity contribution in [1.82, 2.24) is 14.9 Å². The summed E-state index contributed by atoms with van der Waals surface area (Å²) in [4.78, 5) is 24.8. The molecule has 20 heavy (non-hydrogen) atoms. The van der Waals surface area contributed by atoms with Gasteiger partial charge in [0.15, 0.2) is 0 Å². The first-order valence-electron chi connectivity index (χ1n) is 7.54. The van der Waals surface area contributed by atoms with Gasteiger partial charge in [-0.15, -0.1) is 0 Å². The average Bonchev–Trinajstić information content (AvgIpc) is 2.48. The van der Waals surface area contributed by atoms with Crippen LogP contribution in [-0.2, 0) is 0 Å². The smallest absolute Gasteiger partial charge is 0.274 e. The Morgan fingerprint density at radius 2 is 1.60 bits per heavy atom. The number of nitrogens with zero attached hydrogens (tertiary/aromatic N) is 4. The van der Waals surface area contributed by atoms with E-state index in [9.17, 15) is 4.79 Å². The average molecular weight is 278 g/mol. The van der Waals surface area contributed by atoms with Gasteiger partial charge in [-0.05, 0) is 26.7 Å². The van der Waals surface area contributed by atoms with E-state index in [0.29, 0.717) is 18.8 Å². The Balaban J connectivity index is 2.83. The third kappa shape index (κ3) is 4.18. The van der Waals surface area contributed by atoms with Crippen molar-refractivity contribution in [2.24, 2.45) is 0 Å². The summed E-state index contributed by atoms with van der Waals surface area (Å²) in [6.07, 6.45) is 5.44. The van der Waals surface area contributed by atoms with Crippen molar-refractivity contribution >= 4 is 11.7 Å². The molecule has 1 rings (SSSR count). The molecule has 1 amide bonds. The maximum absolute atomic E-state index is 12.1. The maximum Gasteiger partial charge on any atom is 0.274 e. The number of carbonyl (C=O) groups excluding carboxylic acids is 1. The SMILES string of the molecule is CCCN(CCC)c1cnc(C(=O)N(CC)CC)cn1. The number of hydrogen-bond acceptors (Lipinski definition) is 4. The van der Waals surface area contributed by atoms with Crippen LogP contribution in [0, 0.1) is 0 Å². The van der Waals surface area contributed by atoms with E-state index in [2.05, 4.69) is 28.7 Å². The first-order valence-corrected chi connectivity index (χ1v) is 7.54. The number of rotatable bonds is 8. The van der Waals surface area contributed by atoms with Crippen LogP contribution in [-0.4, -0.2) is 47.0 Å². The number of aromatic nitrogens is 2. The van der Waals surface area contributed by atoms with Crippen LogP contribution in [0.5, 0.6) is 0 Å². The minimum absolute atomic E-state index is 0.0495. The van der Waals surface area contributed by atoms with Crippen LogP contribution in [0.1, 0.15) is 51.0 Å². The van der Waals surface area contributed by atoms with Crippen molar-refractivity contribution < 1.29 is 4.79 Å². The summed E-state index contributed by atoms with van der Waals surface area (Å²) in [7, 11) is 0. The molecule has 0 aliphatic heterocycles. The van der Waals surface area contributed by atoms with Gasteiger partial charge in [-0.2, -0.15) is 0 Å². The number of hydrogen-bond donors (Lipinski definition) is 0. The highest BCUT2D eigenvalue weighted by molar-refractivity contribution is 5.92. The zero-order valence-corrected chi connectivity index (χ0v) is 13.1. The largest absolute Gasteiger partial charge is 0.355 e. The van der Waals surface area contributed by atoms with E-state index in [0.717, 1.165) is 31.7 Å². The topological polar surface area (TPSA) is 49.3 Å². The standard InChI is InChI=1S/C15H26N4O/c1-5-9-19(10-6-2)14-12-16-13(11-17-14)15(20)18(7-3)8-4/h11-12H,5-10H2,1-4H3. The third-order valence-corrected chi connectivity index (χ3v) is 3.22. The van der Waals surface area contributed by atoms with E-state index in [1.807, 2.05) is 13.8 Å². The fourth-order valence-corrected chi connectivity index (χ4v) is 2.15. The number of carbonyl (C=O) groups is 1. The molecule has 0 aliphatic rings. The highest BCUT2D eigenvalue weighted by atomic mass is 16.2. The molecular formula is C15H26N4O. The predicted molar refractivity (Wildman–Crippen MR) is 82.1 cm³/mol. The summed E-state index contributed by atoms with van der Waals surface area (Å²) in [6.45, 7) is 11.5. The van der Waals surface area contributed by atoms with E-state index in [1.54, 1.807) is 17.3 Å². The van der Waals surface area contributed by atoms with Crippen LogP contribution in [0.2, 0.25) is 0 Å². The molecule has 0 atom stereocenters. The van der Waals surface area contributed by atoms with Crippen LogP contribution < -0.4 is 4.90 Å². The first-order chi connectivity index (χ1) is 9.67. The van der Waals surface area contributed by atoms with Crippen molar-refractivity contribution in [2.75, 3.05) is 31.1 Å². The highest BCUT2D eigenvalue weighted by Crippen LogP contribution is 2.11. The molecule has 0 radical (unpaired) electrons. The van der Waals surface area contributed by atoms with Crippen molar-refractivity contribution in [1.29, 1.82) is 0 Å². The summed E-state index contributed by atoms with van der Waals surface area (Å²) in [6, 6.07) is 0. The zero-order chi connectivity index (χ0) is 15.0. The molecule has 0 spiro atoms. The fraction of sp³-hybridized carbons (Fsp3) is 0.667. The van der Waals surface area contributed by atoms with E-state index in [1.165, 1.54) is 0 Å². The van der Waals surface area contributed by atoms with E-state index in [-0.39, 0.29) is 5.91 Å². The number of anilines is 1. The number of amides is 1. The molecule has 0 unspecified atom stereocenters. The lowest BCUT2D eigenvalue weighted by molar-refractivity contribution is 0.0766. The van der Waals surface area contributed by atoms with Gasteiger partial charge in [0, 0.05) is 26.2 Å². The Morgan fingerprint density at radius 1 is 1.00 bits per heavy atom. The quantitative estimate of drug-likeness (QED) is 0.733. The molecule has 5 nitrogen and oxygen atoms in total. The van der Waals surface area contributed by atoms with Crippen molar-refractivity contribution in [2.45, 2.75) is 40.5 Å². The Hall–Kier alpha value is -1.65. The predicted octanol–water partition coefficient (Wildman–Crippen LogP) is 2.59. The molecule has 0 fully saturated rings. The van der Waals surface area contributed by atoms with Gasteiger partial charge in [0.05, 0.1) is 12.4 Å². The van der Waals surface area contributed by atoms with Gasteiger partial charge in [-0.25, -0.2) is 9.97 Å². The molecule has 0 aromatic carbocycles.